The molecule has 2 heterocycles. The number of piperazine rings is 1. The topological polar surface area (TPSA) is 28.5 Å². The van der Waals surface area contributed by atoms with E-state index in [-0.39, 0.29) is 5.91 Å². The van der Waals surface area contributed by atoms with Crippen molar-refractivity contribution in [3.8, 4) is 0 Å². The van der Waals surface area contributed by atoms with Crippen molar-refractivity contribution in [3.63, 3.8) is 0 Å². The molecule has 0 N–H and O–H groups in total. The summed E-state index contributed by atoms with van der Waals surface area (Å²) in [5.41, 5.74) is 6.38. The van der Waals surface area contributed by atoms with Gasteiger partial charge in [-0.2, -0.15) is 0 Å². The van der Waals surface area contributed by atoms with E-state index in [4.69, 9.17) is 0 Å². The minimum atomic E-state index is 0.226. The van der Waals surface area contributed by atoms with Gasteiger partial charge in [0.1, 0.15) is 0 Å². The van der Waals surface area contributed by atoms with Crippen LogP contribution < -0.4 is 4.90 Å². The summed E-state index contributed by atoms with van der Waals surface area (Å²) in [6, 6.07) is 25.6. The molecule has 0 saturated carbocycles. The van der Waals surface area contributed by atoms with Crippen molar-refractivity contribution in [2.75, 3.05) is 36.8 Å². The molecule has 3 aromatic carbocycles. The fraction of sp³-hybridized carbons (Fsp3) is 0.276. The van der Waals surface area contributed by atoms with Gasteiger partial charge in [0, 0.05) is 60.4 Å². The summed E-state index contributed by atoms with van der Waals surface area (Å²) < 4.78 is 2.32. The predicted octanol–water partition coefficient (Wildman–Crippen LogP) is 5.75. The van der Waals surface area contributed by atoms with Crippen molar-refractivity contribution in [3.05, 3.63) is 95.7 Å². The normalized spacial score (nSPS) is 14.1. The lowest BCUT2D eigenvalue weighted by Crippen LogP contribution is -2.49. The second-order valence-corrected chi connectivity index (χ2v) is 10.1. The molecule has 4 nitrogen and oxygen atoms in total. The van der Waals surface area contributed by atoms with Crippen molar-refractivity contribution < 1.29 is 4.79 Å². The first-order valence-electron chi connectivity index (χ1n) is 11.9. The van der Waals surface area contributed by atoms with Crippen LogP contribution >= 0.6 is 11.8 Å². The van der Waals surface area contributed by atoms with Crippen LogP contribution in [0.1, 0.15) is 16.7 Å². The lowest BCUT2D eigenvalue weighted by Gasteiger charge is -2.36. The second-order valence-electron chi connectivity index (χ2n) is 9.06. The Morgan fingerprint density at radius 3 is 2.41 bits per heavy atom. The summed E-state index contributed by atoms with van der Waals surface area (Å²) in [5, 5.41) is 1.22. The highest BCUT2D eigenvalue weighted by molar-refractivity contribution is 8.00. The van der Waals surface area contributed by atoms with Gasteiger partial charge in [-0.05, 0) is 43.2 Å². The van der Waals surface area contributed by atoms with Crippen LogP contribution in [0, 0.1) is 13.8 Å². The number of para-hydroxylation sites is 2. The fourth-order valence-electron chi connectivity index (χ4n) is 4.70. The van der Waals surface area contributed by atoms with E-state index >= 15 is 0 Å². The Balaban J connectivity index is 1.25. The van der Waals surface area contributed by atoms with Gasteiger partial charge in [-0.3, -0.25) is 4.79 Å². The van der Waals surface area contributed by atoms with E-state index in [1.165, 1.54) is 38.2 Å². The Morgan fingerprint density at radius 2 is 1.62 bits per heavy atom. The van der Waals surface area contributed by atoms with Crippen molar-refractivity contribution in [2.24, 2.45) is 0 Å². The molecule has 1 saturated heterocycles. The number of anilines is 1. The largest absolute Gasteiger partial charge is 0.368 e. The summed E-state index contributed by atoms with van der Waals surface area (Å²) in [4.78, 5) is 18.6. The average molecular weight is 470 g/mol. The first kappa shape index (κ1) is 22.6. The van der Waals surface area contributed by atoms with Gasteiger partial charge in [0.15, 0.2) is 0 Å². The van der Waals surface area contributed by atoms with Gasteiger partial charge in [-0.25, -0.2) is 0 Å². The van der Waals surface area contributed by atoms with E-state index in [0.717, 1.165) is 32.7 Å². The summed E-state index contributed by atoms with van der Waals surface area (Å²) >= 11 is 1.66. The molecule has 1 fully saturated rings. The number of aryl methyl sites for hydroxylation is 2. The maximum atomic E-state index is 13.0. The van der Waals surface area contributed by atoms with Gasteiger partial charge in [0.05, 0.1) is 5.75 Å². The Labute approximate surface area is 206 Å². The third-order valence-corrected chi connectivity index (χ3v) is 7.73. The van der Waals surface area contributed by atoms with Gasteiger partial charge in [0.2, 0.25) is 5.91 Å². The number of amides is 1. The Kier molecular flexibility index (Phi) is 6.63. The molecule has 1 aliphatic heterocycles. The number of nitrogens with zero attached hydrogens (tertiary/aromatic N) is 3. The Bertz CT molecular complexity index is 1290. The Morgan fingerprint density at radius 1 is 0.882 bits per heavy atom. The minimum Gasteiger partial charge on any atom is -0.368 e. The number of fused-ring (bicyclic) bond motifs is 1. The highest BCUT2D eigenvalue weighted by Crippen LogP contribution is 2.31. The zero-order valence-corrected chi connectivity index (χ0v) is 20.7. The van der Waals surface area contributed by atoms with Crippen LogP contribution in [0.2, 0.25) is 0 Å². The van der Waals surface area contributed by atoms with E-state index < -0.39 is 0 Å². The second kappa shape index (κ2) is 9.98. The minimum absolute atomic E-state index is 0.226. The number of carbonyl (C=O) groups is 1. The van der Waals surface area contributed by atoms with Crippen LogP contribution in [-0.2, 0) is 11.3 Å². The average Bonchev–Trinajstić information content (AvgIpc) is 3.23. The smallest absolute Gasteiger partial charge is 0.233 e. The van der Waals surface area contributed by atoms with E-state index in [9.17, 15) is 4.79 Å². The molecule has 34 heavy (non-hydrogen) atoms. The molecule has 1 aliphatic rings. The van der Waals surface area contributed by atoms with E-state index in [2.05, 4.69) is 96.2 Å². The SMILES string of the molecule is Cc1ccc(C)c(Cn2cc(SCC(=O)N3CCN(c4ccccc4)CC3)c3ccccc32)c1. The number of benzene rings is 3. The third kappa shape index (κ3) is 4.85. The molecule has 0 bridgehead atoms. The van der Waals surface area contributed by atoms with Crippen LogP contribution in [0.3, 0.4) is 0 Å². The summed E-state index contributed by atoms with van der Waals surface area (Å²) in [6.45, 7) is 8.48. The number of hydrogen-bond donors (Lipinski definition) is 0. The van der Waals surface area contributed by atoms with Gasteiger partial charge in [-0.1, -0.05) is 60.2 Å². The standard InChI is InChI=1S/C29H31N3OS/c1-22-12-13-23(2)24(18-22)19-32-20-28(26-10-6-7-11-27(26)32)34-21-29(33)31-16-14-30(15-17-31)25-8-4-3-5-9-25/h3-13,18,20H,14-17,19,21H2,1-2H3. The predicted molar refractivity (Wildman–Crippen MR) is 143 cm³/mol. The van der Waals surface area contributed by atoms with Crippen molar-refractivity contribution >= 4 is 34.3 Å². The van der Waals surface area contributed by atoms with E-state index in [1.54, 1.807) is 11.8 Å². The number of hydrogen-bond acceptors (Lipinski definition) is 3. The van der Waals surface area contributed by atoms with Crippen LogP contribution in [0.15, 0.2) is 83.9 Å². The number of rotatable bonds is 6. The zero-order chi connectivity index (χ0) is 23.5. The molecule has 0 unspecified atom stereocenters. The molecule has 1 aromatic heterocycles. The summed E-state index contributed by atoms with van der Waals surface area (Å²) in [6.07, 6.45) is 2.22. The molecule has 0 aliphatic carbocycles. The number of carbonyl (C=O) groups excluding carboxylic acids is 1. The Hall–Kier alpha value is -3.18. The highest BCUT2D eigenvalue weighted by atomic mass is 32.2. The quantitative estimate of drug-likeness (QED) is 0.337. The van der Waals surface area contributed by atoms with Gasteiger partial charge < -0.3 is 14.4 Å². The lowest BCUT2D eigenvalue weighted by molar-refractivity contribution is -0.128. The first-order valence-corrected chi connectivity index (χ1v) is 12.9. The number of aromatic nitrogens is 1. The maximum Gasteiger partial charge on any atom is 0.233 e. The first-order chi connectivity index (χ1) is 16.6. The van der Waals surface area contributed by atoms with Gasteiger partial charge >= 0.3 is 0 Å². The van der Waals surface area contributed by atoms with Gasteiger partial charge in [0.25, 0.3) is 0 Å². The van der Waals surface area contributed by atoms with Crippen LogP contribution in [-0.4, -0.2) is 47.3 Å². The molecule has 1 amide bonds. The molecular formula is C29H31N3OS. The molecule has 5 heteroatoms. The summed E-state index contributed by atoms with van der Waals surface area (Å²) in [5.74, 6) is 0.701. The number of thioether (sulfide) groups is 1. The fourth-order valence-corrected chi connectivity index (χ4v) is 5.69. The molecule has 4 aromatic rings. The molecule has 0 radical (unpaired) electrons. The monoisotopic (exact) mass is 469 g/mol. The molecule has 0 spiro atoms. The highest BCUT2D eigenvalue weighted by Gasteiger charge is 2.22. The molecular weight excluding hydrogens is 438 g/mol. The van der Waals surface area contributed by atoms with Crippen molar-refractivity contribution in [2.45, 2.75) is 25.3 Å². The van der Waals surface area contributed by atoms with E-state index in [0.29, 0.717) is 5.75 Å². The van der Waals surface area contributed by atoms with Crippen LogP contribution in [0.5, 0.6) is 0 Å². The van der Waals surface area contributed by atoms with Crippen LogP contribution in [0.4, 0.5) is 5.69 Å². The van der Waals surface area contributed by atoms with Gasteiger partial charge in [-0.15, -0.1) is 11.8 Å². The van der Waals surface area contributed by atoms with E-state index in [1.807, 2.05) is 11.0 Å². The van der Waals surface area contributed by atoms with Crippen LogP contribution in [0.25, 0.3) is 10.9 Å². The van der Waals surface area contributed by atoms with Crippen molar-refractivity contribution in [1.82, 2.24) is 9.47 Å². The molecule has 0 atom stereocenters. The molecule has 174 valence electrons. The third-order valence-electron chi connectivity index (χ3n) is 6.70. The molecule has 5 rings (SSSR count). The lowest BCUT2D eigenvalue weighted by atomic mass is 10.1. The van der Waals surface area contributed by atoms with Crippen molar-refractivity contribution in [1.29, 1.82) is 0 Å². The maximum absolute atomic E-state index is 13.0. The zero-order valence-electron chi connectivity index (χ0n) is 19.9. The summed E-state index contributed by atoms with van der Waals surface area (Å²) in [7, 11) is 0.